The van der Waals surface area contributed by atoms with Crippen LogP contribution in [0, 0.1) is 0 Å². The molecule has 0 radical (unpaired) electrons. The molecule has 7 aromatic carbocycles. The SMILES string of the molecule is c1ccc(N(c2ccccc2)c2ccc3c(c2)sc2cc(-c4ccc5ccc6ccccc6c5c4)ccc23)cc1. The molecule has 0 aliphatic heterocycles. The highest BCUT2D eigenvalue weighted by Gasteiger charge is 2.14. The quantitative estimate of drug-likeness (QED) is 0.206. The van der Waals surface area contributed by atoms with Crippen molar-refractivity contribution in [3.05, 3.63) is 152 Å². The van der Waals surface area contributed by atoms with Crippen molar-refractivity contribution in [3.8, 4) is 11.1 Å². The van der Waals surface area contributed by atoms with Gasteiger partial charge in [0.1, 0.15) is 0 Å². The number of thiophene rings is 1. The van der Waals surface area contributed by atoms with Gasteiger partial charge in [-0.3, -0.25) is 0 Å². The van der Waals surface area contributed by atoms with E-state index in [1.165, 1.54) is 52.8 Å². The van der Waals surface area contributed by atoms with Crippen LogP contribution in [0.3, 0.4) is 0 Å². The van der Waals surface area contributed by atoms with Gasteiger partial charge in [-0.2, -0.15) is 0 Å². The van der Waals surface area contributed by atoms with Crippen LogP contribution >= 0.6 is 11.3 Å². The highest BCUT2D eigenvalue weighted by atomic mass is 32.1. The van der Waals surface area contributed by atoms with Crippen LogP contribution in [0.1, 0.15) is 0 Å². The van der Waals surface area contributed by atoms with Crippen LogP contribution in [0.25, 0.3) is 52.8 Å². The van der Waals surface area contributed by atoms with Crippen molar-refractivity contribution < 1.29 is 0 Å². The summed E-state index contributed by atoms with van der Waals surface area (Å²) in [5, 5.41) is 7.79. The molecule has 0 spiro atoms. The molecule has 0 saturated heterocycles. The molecule has 0 saturated carbocycles. The van der Waals surface area contributed by atoms with E-state index in [4.69, 9.17) is 0 Å². The van der Waals surface area contributed by atoms with E-state index in [2.05, 4.69) is 157 Å². The lowest BCUT2D eigenvalue weighted by Gasteiger charge is -2.25. The molecule has 1 heterocycles. The van der Waals surface area contributed by atoms with E-state index in [0.29, 0.717) is 0 Å². The number of anilines is 3. The minimum atomic E-state index is 1.15. The molecule has 1 nitrogen and oxygen atoms in total. The summed E-state index contributed by atoms with van der Waals surface area (Å²) < 4.78 is 2.61. The summed E-state index contributed by atoms with van der Waals surface area (Å²) in [6, 6.07) is 54.9. The van der Waals surface area contributed by atoms with Crippen molar-refractivity contribution >= 4 is 70.1 Å². The first-order chi connectivity index (χ1) is 19.8. The number of fused-ring (bicyclic) bond motifs is 6. The zero-order valence-electron chi connectivity index (χ0n) is 21.8. The molecule has 0 N–H and O–H groups in total. The fraction of sp³-hybridized carbons (Fsp3) is 0. The summed E-state index contributed by atoms with van der Waals surface area (Å²) >= 11 is 1.87. The summed E-state index contributed by atoms with van der Waals surface area (Å²) in [7, 11) is 0. The van der Waals surface area contributed by atoms with Crippen LogP contribution in [0.2, 0.25) is 0 Å². The van der Waals surface area contributed by atoms with Gasteiger partial charge in [0.25, 0.3) is 0 Å². The average Bonchev–Trinajstić information content (AvgIpc) is 3.39. The second-order valence-electron chi connectivity index (χ2n) is 10.2. The lowest BCUT2D eigenvalue weighted by molar-refractivity contribution is 1.29. The van der Waals surface area contributed by atoms with E-state index in [0.717, 1.165) is 17.1 Å². The predicted octanol–water partition coefficient (Wildman–Crippen LogP) is 11.5. The largest absolute Gasteiger partial charge is 0.310 e. The second-order valence-corrected chi connectivity index (χ2v) is 11.3. The number of nitrogens with zero attached hydrogens (tertiary/aromatic N) is 1. The van der Waals surface area contributed by atoms with Gasteiger partial charge in [-0.1, -0.05) is 103 Å². The van der Waals surface area contributed by atoms with Crippen LogP contribution in [0.5, 0.6) is 0 Å². The average molecular weight is 528 g/mol. The first-order valence-electron chi connectivity index (χ1n) is 13.6. The molecule has 40 heavy (non-hydrogen) atoms. The van der Waals surface area contributed by atoms with E-state index in [1.807, 2.05) is 11.3 Å². The molecule has 0 atom stereocenters. The van der Waals surface area contributed by atoms with Gasteiger partial charge in [-0.15, -0.1) is 11.3 Å². The van der Waals surface area contributed by atoms with Crippen LogP contribution in [0.15, 0.2) is 152 Å². The Kier molecular flexibility index (Phi) is 5.39. The monoisotopic (exact) mass is 527 g/mol. The number of hydrogen-bond donors (Lipinski definition) is 0. The Labute approximate surface area is 237 Å². The van der Waals surface area contributed by atoms with E-state index in [9.17, 15) is 0 Å². The van der Waals surface area contributed by atoms with Crippen molar-refractivity contribution in [2.75, 3.05) is 4.90 Å². The number of benzene rings is 7. The molecule has 8 rings (SSSR count). The summed E-state index contributed by atoms with van der Waals surface area (Å²) in [6.07, 6.45) is 0. The smallest absolute Gasteiger partial charge is 0.0476 e. The topological polar surface area (TPSA) is 3.24 Å². The van der Waals surface area contributed by atoms with E-state index in [-0.39, 0.29) is 0 Å². The zero-order chi connectivity index (χ0) is 26.5. The fourth-order valence-electron chi connectivity index (χ4n) is 5.87. The van der Waals surface area contributed by atoms with Crippen molar-refractivity contribution in [2.24, 2.45) is 0 Å². The Balaban J connectivity index is 1.24. The Bertz CT molecular complexity index is 2120. The third kappa shape index (κ3) is 3.85. The Hall–Kier alpha value is -4.92. The molecule has 0 unspecified atom stereocenters. The molecule has 0 bridgehead atoms. The maximum atomic E-state index is 2.36. The van der Waals surface area contributed by atoms with Gasteiger partial charge in [-0.25, -0.2) is 0 Å². The van der Waals surface area contributed by atoms with Crippen LogP contribution in [-0.4, -0.2) is 0 Å². The Morgan fingerprint density at radius 2 is 0.900 bits per heavy atom. The van der Waals surface area contributed by atoms with Gasteiger partial charge in [0.05, 0.1) is 0 Å². The molecule has 0 fully saturated rings. The molecule has 0 aliphatic rings. The standard InChI is InChI=1S/C38H25NS/c1-3-10-30(11-4-1)39(31-12-5-2-6-13-31)32-20-22-35-34-21-19-29(24-37(34)40-38(35)25-32)28-18-17-27-16-15-26-9-7-8-14-33(26)36(27)23-28/h1-25H. The normalized spacial score (nSPS) is 11.5. The maximum Gasteiger partial charge on any atom is 0.0476 e. The van der Waals surface area contributed by atoms with E-state index in [1.54, 1.807) is 0 Å². The van der Waals surface area contributed by atoms with Gasteiger partial charge in [-0.05, 0) is 81.2 Å². The van der Waals surface area contributed by atoms with E-state index < -0.39 is 0 Å². The van der Waals surface area contributed by atoms with Crippen molar-refractivity contribution in [1.29, 1.82) is 0 Å². The van der Waals surface area contributed by atoms with Crippen molar-refractivity contribution in [1.82, 2.24) is 0 Å². The first kappa shape index (κ1) is 23.0. The second kappa shape index (κ2) is 9.37. The van der Waals surface area contributed by atoms with Gasteiger partial charge < -0.3 is 4.90 Å². The Morgan fingerprint density at radius 1 is 0.350 bits per heavy atom. The summed E-state index contributed by atoms with van der Waals surface area (Å²) in [5.41, 5.74) is 5.98. The molecule has 0 aliphatic carbocycles. The molecule has 8 aromatic rings. The number of hydrogen-bond acceptors (Lipinski definition) is 2. The van der Waals surface area contributed by atoms with Crippen molar-refractivity contribution in [2.45, 2.75) is 0 Å². The third-order valence-electron chi connectivity index (χ3n) is 7.82. The zero-order valence-corrected chi connectivity index (χ0v) is 22.6. The maximum absolute atomic E-state index is 2.36. The lowest BCUT2D eigenvalue weighted by atomic mass is 9.97. The predicted molar refractivity (Wildman–Crippen MR) is 174 cm³/mol. The van der Waals surface area contributed by atoms with Gasteiger partial charge in [0, 0.05) is 37.2 Å². The number of para-hydroxylation sites is 2. The third-order valence-corrected chi connectivity index (χ3v) is 8.94. The van der Waals surface area contributed by atoms with Crippen LogP contribution in [-0.2, 0) is 0 Å². The minimum absolute atomic E-state index is 1.15. The molecule has 2 heteroatoms. The summed E-state index contributed by atoms with van der Waals surface area (Å²) in [6.45, 7) is 0. The van der Waals surface area contributed by atoms with Gasteiger partial charge >= 0.3 is 0 Å². The Morgan fingerprint density at radius 3 is 1.65 bits per heavy atom. The highest BCUT2D eigenvalue weighted by molar-refractivity contribution is 7.25. The highest BCUT2D eigenvalue weighted by Crippen LogP contribution is 2.41. The van der Waals surface area contributed by atoms with Crippen LogP contribution < -0.4 is 4.90 Å². The first-order valence-corrected chi connectivity index (χ1v) is 14.4. The molecule has 1 aromatic heterocycles. The summed E-state index contributed by atoms with van der Waals surface area (Å²) in [4.78, 5) is 2.33. The van der Waals surface area contributed by atoms with Gasteiger partial charge in [0.2, 0.25) is 0 Å². The van der Waals surface area contributed by atoms with Gasteiger partial charge in [0.15, 0.2) is 0 Å². The summed E-state index contributed by atoms with van der Waals surface area (Å²) in [5.74, 6) is 0. The molecule has 188 valence electrons. The van der Waals surface area contributed by atoms with Crippen LogP contribution in [0.4, 0.5) is 17.1 Å². The minimum Gasteiger partial charge on any atom is -0.310 e. The molecular weight excluding hydrogens is 502 g/mol. The fourth-order valence-corrected chi connectivity index (χ4v) is 7.05. The lowest BCUT2D eigenvalue weighted by Crippen LogP contribution is -2.09. The number of rotatable bonds is 4. The van der Waals surface area contributed by atoms with E-state index >= 15 is 0 Å². The molecule has 0 amide bonds. The van der Waals surface area contributed by atoms with Crippen molar-refractivity contribution in [3.63, 3.8) is 0 Å². The molecular formula is C38H25NS.